The first-order chi connectivity index (χ1) is 9.73. The molecule has 0 amide bonds. The second-order valence-corrected chi connectivity index (χ2v) is 4.49. The molecule has 0 aliphatic rings. The number of ether oxygens (including phenoxy) is 1. The van der Waals surface area contributed by atoms with E-state index in [0.29, 0.717) is 0 Å². The molecule has 8 heteroatoms. The molecular weight excluding hydrogens is 294 g/mol. The average molecular weight is 309 g/mol. The van der Waals surface area contributed by atoms with Gasteiger partial charge in [-0.05, 0) is 12.5 Å². The summed E-state index contributed by atoms with van der Waals surface area (Å²) in [7, 11) is 0. The van der Waals surface area contributed by atoms with Crippen molar-refractivity contribution in [1.82, 2.24) is 0 Å². The molecule has 1 unspecified atom stereocenters. The lowest BCUT2D eigenvalue weighted by Gasteiger charge is -2.28. The summed E-state index contributed by atoms with van der Waals surface area (Å²) < 4.78 is 54.1. The topological polar surface area (TPSA) is 72.5 Å². The van der Waals surface area contributed by atoms with E-state index in [1.165, 1.54) is 18.2 Å². The van der Waals surface area contributed by atoms with Gasteiger partial charge in [-0.1, -0.05) is 18.2 Å². The number of hydrogen-bond donors (Lipinski definition) is 2. The van der Waals surface area contributed by atoms with Gasteiger partial charge in [0.25, 0.3) is 0 Å². The molecule has 1 aromatic carbocycles. The average Bonchev–Trinajstić information content (AvgIpc) is 2.39. The van der Waals surface area contributed by atoms with E-state index in [1.807, 2.05) is 0 Å². The highest BCUT2D eigenvalue weighted by Crippen LogP contribution is 2.30. The van der Waals surface area contributed by atoms with Gasteiger partial charge in [0.1, 0.15) is 17.8 Å². The van der Waals surface area contributed by atoms with E-state index < -0.39 is 43.1 Å². The van der Waals surface area contributed by atoms with Crippen LogP contribution in [0.2, 0.25) is 0 Å². The highest BCUT2D eigenvalue weighted by atomic mass is 19.4. The van der Waals surface area contributed by atoms with E-state index >= 15 is 0 Å². The number of halogens is 4. The third kappa shape index (κ3) is 4.40. The largest absolute Gasteiger partial charge is 0.481 e. The highest BCUT2D eigenvalue weighted by Gasteiger charge is 2.41. The Bertz CT molecular complexity index is 493. The molecule has 1 atom stereocenters. The van der Waals surface area contributed by atoms with Crippen LogP contribution in [-0.2, 0) is 14.9 Å². The molecule has 0 heterocycles. The lowest BCUT2D eigenvalue weighted by atomic mass is 9.77. The molecule has 0 aliphatic heterocycles. The van der Waals surface area contributed by atoms with E-state index in [0.717, 1.165) is 6.07 Å². The second kappa shape index (κ2) is 6.86. The minimum Gasteiger partial charge on any atom is -0.481 e. The van der Waals surface area contributed by atoms with E-state index in [4.69, 9.17) is 5.73 Å². The number of rotatable bonds is 7. The van der Waals surface area contributed by atoms with Crippen molar-refractivity contribution in [3.63, 3.8) is 0 Å². The monoisotopic (exact) mass is 309 g/mol. The Hall–Kier alpha value is -1.67. The van der Waals surface area contributed by atoms with Crippen molar-refractivity contribution in [2.45, 2.75) is 18.0 Å². The van der Waals surface area contributed by atoms with Crippen molar-refractivity contribution in [2.24, 2.45) is 5.73 Å². The van der Waals surface area contributed by atoms with Gasteiger partial charge >= 0.3 is 12.1 Å². The van der Waals surface area contributed by atoms with E-state index in [-0.39, 0.29) is 12.0 Å². The third-order valence-electron chi connectivity index (χ3n) is 3.09. The van der Waals surface area contributed by atoms with Gasteiger partial charge in [0.2, 0.25) is 0 Å². The van der Waals surface area contributed by atoms with Crippen molar-refractivity contribution in [3.8, 4) is 0 Å². The quantitative estimate of drug-likeness (QED) is 0.597. The Morgan fingerprint density at radius 1 is 1.29 bits per heavy atom. The van der Waals surface area contributed by atoms with Gasteiger partial charge in [-0.25, -0.2) is 4.39 Å². The van der Waals surface area contributed by atoms with Crippen LogP contribution in [0.1, 0.15) is 12.0 Å². The summed E-state index contributed by atoms with van der Waals surface area (Å²) >= 11 is 0. The van der Waals surface area contributed by atoms with E-state index in [2.05, 4.69) is 4.74 Å². The van der Waals surface area contributed by atoms with Crippen LogP contribution in [0, 0.1) is 5.82 Å². The van der Waals surface area contributed by atoms with Crippen LogP contribution in [0.15, 0.2) is 24.3 Å². The van der Waals surface area contributed by atoms with Crippen LogP contribution in [-0.4, -0.2) is 37.0 Å². The molecule has 0 saturated heterocycles. The molecule has 0 aliphatic carbocycles. The zero-order valence-corrected chi connectivity index (χ0v) is 11.0. The van der Waals surface area contributed by atoms with E-state index in [9.17, 15) is 27.5 Å². The number of alkyl halides is 3. The van der Waals surface area contributed by atoms with Crippen LogP contribution in [0.5, 0.6) is 0 Å². The number of hydrogen-bond acceptors (Lipinski definition) is 3. The van der Waals surface area contributed by atoms with Gasteiger partial charge in [0, 0.05) is 18.7 Å². The normalized spacial score (nSPS) is 14.7. The zero-order valence-electron chi connectivity index (χ0n) is 11.0. The van der Waals surface area contributed by atoms with Gasteiger partial charge in [0.15, 0.2) is 0 Å². The SMILES string of the molecule is NCC(CCOCC(F)(F)F)(C(=O)O)c1ccccc1F. The molecule has 21 heavy (non-hydrogen) atoms. The first-order valence-electron chi connectivity index (χ1n) is 6.06. The van der Waals surface area contributed by atoms with Crippen molar-refractivity contribution in [1.29, 1.82) is 0 Å². The molecule has 0 bridgehead atoms. The maximum Gasteiger partial charge on any atom is 0.411 e. The predicted molar refractivity (Wildman–Crippen MR) is 66.3 cm³/mol. The number of carboxylic acids is 1. The predicted octanol–water partition coefficient (Wildman–Crippen LogP) is 2.08. The van der Waals surface area contributed by atoms with Crippen LogP contribution < -0.4 is 5.73 Å². The Morgan fingerprint density at radius 2 is 1.90 bits per heavy atom. The molecule has 118 valence electrons. The van der Waals surface area contributed by atoms with Gasteiger partial charge in [-0.3, -0.25) is 4.79 Å². The highest BCUT2D eigenvalue weighted by molar-refractivity contribution is 5.81. The Balaban J connectivity index is 2.91. The maximum absolute atomic E-state index is 13.8. The summed E-state index contributed by atoms with van der Waals surface area (Å²) in [5.74, 6) is -2.19. The lowest BCUT2D eigenvalue weighted by Crippen LogP contribution is -2.44. The van der Waals surface area contributed by atoms with Gasteiger partial charge < -0.3 is 15.6 Å². The fourth-order valence-electron chi connectivity index (χ4n) is 1.94. The van der Waals surface area contributed by atoms with E-state index in [1.54, 1.807) is 0 Å². The first-order valence-corrected chi connectivity index (χ1v) is 6.06. The number of carbonyl (C=O) groups is 1. The van der Waals surface area contributed by atoms with Crippen LogP contribution in [0.3, 0.4) is 0 Å². The smallest absolute Gasteiger partial charge is 0.411 e. The first kappa shape index (κ1) is 17.4. The third-order valence-corrected chi connectivity index (χ3v) is 3.09. The summed E-state index contributed by atoms with van der Waals surface area (Å²) in [5.41, 5.74) is 3.46. The fourth-order valence-corrected chi connectivity index (χ4v) is 1.94. The summed E-state index contributed by atoms with van der Waals surface area (Å²) in [6.07, 6.45) is -4.87. The lowest BCUT2D eigenvalue weighted by molar-refractivity contribution is -0.175. The number of nitrogens with two attached hydrogens (primary N) is 1. The summed E-state index contributed by atoms with van der Waals surface area (Å²) in [6, 6.07) is 5.13. The molecule has 0 radical (unpaired) electrons. The maximum atomic E-state index is 13.8. The molecule has 3 N–H and O–H groups in total. The van der Waals surface area contributed by atoms with Crippen molar-refractivity contribution < 1.29 is 32.2 Å². The molecule has 1 rings (SSSR count). The number of aliphatic carboxylic acids is 1. The molecule has 0 fully saturated rings. The summed E-state index contributed by atoms with van der Waals surface area (Å²) in [6.45, 7) is -2.46. The number of carboxylic acid groups (broad SMARTS) is 1. The number of benzene rings is 1. The van der Waals surface area contributed by atoms with Gasteiger partial charge in [-0.15, -0.1) is 0 Å². The zero-order chi connectivity index (χ0) is 16.1. The summed E-state index contributed by atoms with van der Waals surface area (Å²) in [4.78, 5) is 11.5. The molecule has 4 nitrogen and oxygen atoms in total. The Labute approximate surface area is 118 Å². The molecule has 0 aromatic heterocycles. The minimum atomic E-state index is -4.51. The van der Waals surface area contributed by atoms with Crippen molar-refractivity contribution in [2.75, 3.05) is 19.8 Å². The molecule has 1 aromatic rings. The van der Waals surface area contributed by atoms with Gasteiger partial charge in [0.05, 0.1) is 0 Å². The Kier molecular flexibility index (Phi) is 5.68. The van der Waals surface area contributed by atoms with Crippen LogP contribution >= 0.6 is 0 Å². The fraction of sp³-hybridized carbons (Fsp3) is 0.462. The van der Waals surface area contributed by atoms with Crippen molar-refractivity contribution in [3.05, 3.63) is 35.6 Å². The van der Waals surface area contributed by atoms with Crippen LogP contribution in [0.4, 0.5) is 17.6 Å². The minimum absolute atomic E-state index is 0.171. The molecular formula is C13H15F4NO3. The Morgan fingerprint density at radius 3 is 2.38 bits per heavy atom. The standard InChI is InChI=1S/C13H15F4NO3/c14-10-4-2-1-3-9(10)12(7-18,11(19)20)5-6-21-8-13(15,16)17/h1-4H,5-8,18H2,(H,19,20). The van der Waals surface area contributed by atoms with Crippen molar-refractivity contribution >= 4 is 5.97 Å². The molecule has 0 saturated carbocycles. The second-order valence-electron chi connectivity index (χ2n) is 4.49. The van der Waals surface area contributed by atoms with Gasteiger partial charge in [-0.2, -0.15) is 13.2 Å². The summed E-state index contributed by atoms with van der Waals surface area (Å²) in [5, 5.41) is 9.34. The molecule has 0 spiro atoms. The van der Waals surface area contributed by atoms with Crippen LogP contribution in [0.25, 0.3) is 0 Å².